The number of ether oxygens (including phenoxy) is 1. The fourth-order valence-electron chi connectivity index (χ4n) is 2.30. The molecule has 0 saturated carbocycles. The van der Waals surface area contributed by atoms with Gasteiger partial charge < -0.3 is 14.7 Å². The summed E-state index contributed by atoms with van der Waals surface area (Å²) in [5.41, 5.74) is 1.22. The molecule has 3 nitrogen and oxygen atoms in total. The zero-order valence-corrected chi connectivity index (χ0v) is 10.2. The van der Waals surface area contributed by atoms with E-state index in [0.717, 1.165) is 24.6 Å². The predicted octanol–water partition coefficient (Wildman–Crippen LogP) is 1.73. The van der Waals surface area contributed by atoms with Gasteiger partial charge in [-0.1, -0.05) is 0 Å². The maximum Gasteiger partial charge on any atom is 0.149 e. The molecule has 1 aliphatic rings. The molecule has 0 fully saturated rings. The molecule has 1 heterocycles. The van der Waals surface area contributed by atoms with Crippen molar-refractivity contribution in [3.8, 4) is 0 Å². The molecule has 1 aromatic carbocycles. The number of hydrogen-bond acceptors (Lipinski definition) is 3. The van der Waals surface area contributed by atoms with E-state index in [1.807, 2.05) is 4.90 Å². The van der Waals surface area contributed by atoms with Crippen LogP contribution in [-0.4, -0.2) is 38.0 Å². The van der Waals surface area contributed by atoms with Crippen molar-refractivity contribution in [3.63, 3.8) is 0 Å². The van der Waals surface area contributed by atoms with Gasteiger partial charge >= 0.3 is 0 Å². The van der Waals surface area contributed by atoms with Crippen LogP contribution in [0.25, 0.3) is 0 Å². The second-order valence-corrected chi connectivity index (χ2v) is 4.32. The minimum Gasteiger partial charge on any atom is -0.394 e. The molecule has 100 valence electrons. The van der Waals surface area contributed by atoms with Crippen molar-refractivity contribution in [2.45, 2.75) is 12.8 Å². The van der Waals surface area contributed by atoms with E-state index in [2.05, 4.69) is 0 Å². The second kappa shape index (κ2) is 6.11. The van der Waals surface area contributed by atoms with Gasteiger partial charge in [-0.2, -0.15) is 0 Å². The number of aliphatic hydroxyl groups excluding tert-OH is 1. The number of rotatable bonds is 5. The summed E-state index contributed by atoms with van der Waals surface area (Å²) in [7, 11) is 0. The van der Waals surface area contributed by atoms with Gasteiger partial charge in [-0.15, -0.1) is 0 Å². The number of benzene rings is 1. The largest absolute Gasteiger partial charge is 0.394 e. The van der Waals surface area contributed by atoms with Crippen molar-refractivity contribution < 1.29 is 18.6 Å². The molecule has 18 heavy (non-hydrogen) atoms. The third kappa shape index (κ3) is 2.97. The van der Waals surface area contributed by atoms with E-state index in [9.17, 15) is 8.78 Å². The Hall–Kier alpha value is -1.20. The molecule has 0 atom stereocenters. The molecular formula is C13H17F2NO2. The highest BCUT2D eigenvalue weighted by atomic mass is 19.1. The van der Waals surface area contributed by atoms with Crippen molar-refractivity contribution in [2.75, 3.05) is 37.8 Å². The first-order chi connectivity index (χ1) is 8.72. The molecule has 0 unspecified atom stereocenters. The molecule has 1 N–H and O–H groups in total. The minimum absolute atomic E-state index is 0.0177. The predicted molar refractivity (Wildman–Crippen MR) is 64.8 cm³/mol. The Labute approximate surface area is 105 Å². The lowest BCUT2D eigenvalue weighted by atomic mass is 10.0. The van der Waals surface area contributed by atoms with Crippen LogP contribution in [0, 0.1) is 11.6 Å². The van der Waals surface area contributed by atoms with Gasteiger partial charge in [-0.05, 0) is 24.5 Å². The zero-order valence-electron chi connectivity index (χ0n) is 10.2. The summed E-state index contributed by atoms with van der Waals surface area (Å²) in [4.78, 5) is 1.88. The lowest BCUT2D eigenvalue weighted by molar-refractivity contribution is 0.0964. The van der Waals surface area contributed by atoms with Crippen LogP contribution in [0.2, 0.25) is 0 Å². The lowest BCUT2D eigenvalue weighted by Gasteiger charge is -2.31. The molecule has 0 saturated heterocycles. The normalized spacial score (nSPS) is 14.7. The lowest BCUT2D eigenvalue weighted by Crippen LogP contribution is -2.33. The third-order valence-corrected chi connectivity index (χ3v) is 3.04. The van der Waals surface area contributed by atoms with Crippen LogP contribution in [-0.2, 0) is 11.2 Å². The Morgan fingerprint density at radius 2 is 2.11 bits per heavy atom. The number of aliphatic hydroxyl groups is 1. The Balaban J connectivity index is 2.07. The first kappa shape index (κ1) is 13.2. The molecule has 0 amide bonds. The van der Waals surface area contributed by atoms with E-state index in [0.29, 0.717) is 25.3 Å². The van der Waals surface area contributed by atoms with Crippen LogP contribution >= 0.6 is 0 Å². The summed E-state index contributed by atoms with van der Waals surface area (Å²) in [5.74, 6) is -1.03. The number of aryl methyl sites for hydroxylation is 1. The Bertz CT molecular complexity index is 412. The van der Waals surface area contributed by atoms with Gasteiger partial charge in [0.25, 0.3) is 0 Å². The highest BCUT2D eigenvalue weighted by Gasteiger charge is 2.21. The van der Waals surface area contributed by atoms with Gasteiger partial charge in [0.2, 0.25) is 0 Å². The topological polar surface area (TPSA) is 32.7 Å². The minimum atomic E-state index is -0.523. The molecule has 0 spiro atoms. The first-order valence-electron chi connectivity index (χ1n) is 6.14. The van der Waals surface area contributed by atoms with Gasteiger partial charge in [0.05, 0.1) is 25.5 Å². The van der Waals surface area contributed by atoms with Gasteiger partial charge in [0.15, 0.2) is 0 Å². The van der Waals surface area contributed by atoms with Crippen molar-refractivity contribution in [1.29, 1.82) is 0 Å². The van der Waals surface area contributed by atoms with Crippen LogP contribution in [0.5, 0.6) is 0 Å². The summed E-state index contributed by atoms with van der Waals surface area (Å²) < 4.78 is 32.1. The van der Waals surface area contributed by atoms with Gasteiger partial charge in [-0.25, -0.2) is 8.78 Å². The standard InChI is InChI=1S/C13H17F2NO2/c14-11-8-10-2-1-3-16(4-6-18-7-5-17)13(10)12(15)9-11/h8-9,17H,1-7H2. The van der Waals surface area contributed by atoms with Crippen molar-refractivity contribution in [1.82, 2.24) is 0 Å². The number of nitrogens with zero attached hydrogens (tertiary/aromatic N) is 1. The van der Waals surface area contributed by atoms with E-state index in [1.165, 1.54) is 6.07 Å². The molecule has 5 heteroatoms. The van der Waals surface area contributed by atoms with Crippen LogP contribution in [0.3, 0.4) is 0 Å². The number of anilines is 1. The molecule has 1 aromatic rings. The molecular weight excluding hydrogens is 240 g/mol. The summed E-state index contributed by atoms with van der Waals surface area (Å²) in [6, 6.07) is 2.32. The SMILES string of the molecule is OCCOCCN1CCCc2cc(F)cc(F)c21. The second-order valence-electron chi connectivity index (χ2n) is 4.32. The maximum atomic E-state index is 13.8. The summed E-state index contributed by atoms with van der Waals surface area (Å²) in [6.45, 7) is 1.99. The molecule has 0 bridgehead atoms. The van der Waals surface area contributed by atoms with E-state index in [-0.39, 0.29) is 13.2 Å². The highest BCUT2D eigenvalue weighted by molar-refractivity contribution is 5.56. The molecule has 2 rings (SSSR count). The molecule has 0 radical (unpaired) electrons. The quantitative estimate of drug-likeness (QED) is 0.815. The van der Waals surface area contributed by atoms with Crippen molar-refractivity contribution >= 4 is 5.69 Å². The summed E-state index contributed by atoms with van der Waals surface area (Å²) in [6.07, 6.45) is 1.59. The fraction of sp³-hybridized carbons (Fsp3) is 0.538. The van der Waals surface area contributed by atoms with Crippen LogP contribution in [0.1, 0.15) is 12.0 Å². The number of halogens is 2. The van der Waals surface area contributed by atoms with E-state index in [1.54, 1.807) is 0 Å². The molecule has 0 aliphatic carbocycles. The average Bonchev–Trinajstić information content (AvgIpc) is 2.34. The Morgan fingerprint density at radius 1 is 1.28 bits per heavy atom. The van der Waals surface area contributed by atoms with E-state index in [4.69, 9.17) is 9.84 Å². The average molecular weight is 257 g/mol. The van der Waals surface area contributed by atoms with Crippen LogP contribution < -0.4 is 4.90 Å². The van der Waals surface area contributed by atoms with E-state index >= 15 is 0 Å². The summed E-state index contributed by atoms with van der Waals surface area (Å²) >= 11 is 0. The summed E-state index contributed by atoms with van der Waals surface area (Å²) in [5, 5.41) is 8.60. The van der Waals surface area contributed by atoms with Gasteiger partial charge in [-0.3, -0.25) is 0 Å². The van der Waals surface area contributed by atoms with Crippen LogP contribution in [0.4, 0.5) is 14.5 Å². The van der Waals surface area contributed by atoms with Gasteiger partial charge in [0, 0.05) is 19.2 Å². The smallest absolute Gasteiger partial charge is 0.149 e. The van der Waals surface area contributed by atoms with Crippen LogP contribution in [0.15, 0.2) is 12.1 Å². The number of hydrogen-bond donors (Lipinski definition) is 1. The Morgan fingerprint density at radius 3 is 2.89 bits per heavy atom. The fourth-order valence-corrected chi connectivity index (χ4v) is 2.30. The monoisotopic (exact) mass is 257 g/mol. The molecule has 0 aromatic heterocycles. The zero-order chi connectivity index (χ0) is 13.0. The van der Waals surface area contributed by atoms with Gasteiger partial charge in [0.1, 0.15) is 11.6 Å². The maximum absolute atomic E-state index is 13.8. The van der Waals surface area contributed by atoms with Crippen molar-refractivity contribution in [2.24, 2.45) is 0 Å². The first-order valence-corrected chi connectivity index (χ1v) is 6.14. The molecule has 1 aliphatic heterocycles. The highest BCUT2D eigenvalue weighted by Crippen LogP contribution is 2.30. The van der Waals surface area contributed by atoms with Crippen molar-refractivity contribution in [3.05, 3.63) is 29.3 Å². The number of fused-ring (bicyclic) bond motifs is 1. The van der Waals surface area contributed by atoms with E-state index < -0.39 is 11.6 Å². The third-order valence-electron chi connectivity index (χ3n) is 3.04. The Kier molecular flexibility index (Phi) is 4.49.